The molecule has 1 aromatic heterocycles. The molecule has 0 spiro atoms. The number of rotatable bonds is 1. The number of hydrogen-bond donors (Lipinski definition) is 1. The van der Waals surface area contributed by atoms with Crippen LogP contribution in [0.1, 0.15) is 23.8 Å². The maximum absolute atomic E-state index is 10.5. The standard InChI is InChI=1S/C5H6N2OS/c8-5-7-6-4(9-5)3-1-2-3/h3H,1-2H2,(H,7,8). The molecular weight excluding hydrogens is 136 g/mol. The third kappa shape index (κ3) is 0.896. The van der Waals surface area contributed by atoms with Crippen LogP contribution in [0.4, 0.5) is 0 Å². The Balaban J connectivity index is 2.38. The van der Waals surface area contributed by atoms with Crippen LogP contribution >= 0.6 is 11.3 Å². The summed E-state index contributed by atoms with van der Waals surface area (Å²) in [5.74, 6) is 0.606. The first-order chi connectivity index (χ1) is 4.36. The lowest BCUT2D eigenvalue weighted by molar-refractivity contribution is 0.961. The Morgan fingerprint density at radius 3 is 2.89 bits per heavy atom. The van der Waals surface area contributed by atoms with Gasteiger partial charge in [0.1, 0.15) is 5.01 Å². The van der Waals surface area contributed by atoms with Crippen molar-refractivity contribution in [2.75, 3.05) is 0 Å². The van der Waals surface area contributed by atoms with Crippen molar-refractivity contribution in [1.82, 2.24) is 10.2 Å². The molecule has 0 aliphatic heterocycles. The van der Waals surface area contributed by atoms with Crippen LogP contribution < -0.4 is 4.87 Å². The zero-order chi connectivity index (χ0) is 6.27. The van der Waals surface area contributed by atoms with Gasteiger partial charge in [-0.25, -0.2) is 5.10 Å². The van der Waals surface area contributed by atoms with Crippen molar-refractivity contribution in [2.45, 2.75) is 18.8 Å². The molecule has 0 amide bonds. The van der Waals surface area contributed by atoms with Crippen molar-refractivity contribution >= 4 is 11.3 Å². The summed E-state index contributed by atoms with van der Waals surface area (Å²) < 4.78 is 0. The molecular formula is C5H6N2OS. The third-order valence-electron chi connectivity index (χ3n) is 1.38. The van der Waals surface area contributed by atoms with Gasteiger partial charge in [-0.1, -0.05) is 11.3 Å². The maximum atomic E-state index is 10.5. The van der Waals surface area contributed by atoms with Crippen LogP contribution in [0.2, 0.25) is 0 Å². The Bertz CT molecular complexity index is 260. The molecule has 48 valence electrons. The van der Waals surface area contributed by atoms with Crippen LogP contribution in [0.3, 0.4) is 0 Å². The molecule has 2 rings (SSSR count). The van der Waals surface area contributed by atoms with Gasteiger partial charge in [0, 0.05) is 5.92 Å². The fraction of sp³-hybridized carbons (Fsp3) is 0.600. The lowest BCUT2D eigenvalue weighted by Gasteiger charge is -1.78. The lowest BCUT2D eigenvalue weighted by Crippen LogP contribution is -1.90. The third-order valence-corrected chi connectivity index (χ3v) is 2.29. The molecule has 1 fully saturated rings. The Kier molecular flexibility index (Phi) is 0.958. The van der Waals surface area contributed by atoms with E-state index in [9.17, 15) is 4.79 Å². The second-order valence-electron chi connectivity index (χ2n) is 2.23. The van der Waals surface area contributed by atoms with Gasteiger partial charge < -0.3 is 0 Å². The topological polar surface area (TPSA) is 45.8 Å². The Labute approximate surface area is 55.7 Å². The maximum Gasteiger partial charge on any atom is 0.322 e. The molecule has 1 aromatic rings. The summed E-state index contributed by atoms with van der Waals surface area (Å²) in [6.07, 6.45) is 2.42. The van der Waals surface area contributed by atoms with E-state index >= 15 is 0 Å². The molecule has 3 nitrogen and oxygen atoms in total. The zero-order valence-electron chi connectivity index (χ0n) is 4.76. The van der Waals surface area contributed by atoms with Gasteiger partial charge in [0.25, 0.3) is 0 Å². The highest BCUT2D eigenvalue weighted by Gasteiger charge is 2.26. The smallest absolute Gasteiger partial charge is 0.255 e. The molecule has 9 heavy (non-hydrogen) atoms. The summed E-state index contributed by atoms with van der Waals surface area (Å²) in [5.41, 5.74) is 0. The number of hydrogen-bond acceptors (Lipinski definition) is 3. The summed E-state index contributed by atoms with van der Waals surface area (Å²) in [4.78, 5) is 10.5. The SMILES string of the molecule is O=c1[nH]nc(C2CC2)s1. The van der Waals surface area contributed by atoms with Gasteiger partial charge in [0.15, 0.2) is 0 Å². The predicted octanol–water partition coefficient (Wildman–Crippen LogP) is 0.709. The Hall–Kier alpha value is -0.640. The highest BCUT2D eigenvalue weighted by atomic mass is 32.1. The van der Waals surface area contributed by atoms with E-state index in [1.165, 1.54) is 24.2 Å². The fourth-order valence-electron chi connectivity index (χ4n) is 0.746. The van der Waals surface area contributed by atoms with Crippen molar-refractivity contribution in [1.29, 1.82) is 0 Å². The molecule has 0 atom stereocenters. The van der Waals surface area contributed by atoms with E-state index in [-0.39, 0.29) is 4.87 Å². The van der Waals surface area contributed by atoms with Gasteiger partial charge in [-0.15, -0.1) is 0 Å². The predicted molar refractivity (Wildman–Crippen MR) is 34.7 cm³/mol. The highest BCUT2D eigenvalue weighted by molar-refractivity contribution is 7.08. The first kappa shape index (κ1) is 5.17. The van der Waals surface area contributed by atoms with Gasteiger partial charge in [-0.05, 0) is 12.8 Å². The number of nitrogens with zero attached hydrogens (tertiary/aromatic N) is 1. The monoisotopic (exact) mass is 142 g/mol. The number of nitrogens with one attached hydrogen (secondary N) is 1. The number of H-pyrrole nitrogens is 1. The van der Waals surface area contributed by atoms with Crippen LogP contribution in [0.15, 0.2) is 4.79 Å². The minimum absolute atomic E-state index is 0.0306. The van der Waals surface area contributed by atoms with Gasteiger partial charge >= 0.3 is 4.87 Å². The summed E-state index contributed by atoms with van der Waals surface area (Å²) in [5, 5.41) is 7.25. The minimum Gasteiger partial charge on any atom is -0.255 e. The van der Waals surface area contributed by atoms with Crippen LogP contribution in [0.25, 0.3) is 0 Å². The average Bonchev–Trinajstić information content (AvgIpc) is 2.58. The molecule has 0 radical (unpaired) electrons. The fourth-order valence-corrected chi connectivity index (χ4v) is 1.52. The van der Waals surface area contributed by atoms with Gasteiger partial charge in [0.05, 0.1) is 0 Å². The van der Waals surface area contributed by atoms with Crippen molar-refractivity contribution in [3.63, 3.8) is 0 Å². The molecule has 0 bridgehead atoms. The number of aromatic nitrogens is 2. The average molecular weight is 142 g/mol. The normalized spacial score (nSPS) is 18.2. The Morgan fingerprint density at radius 1 is 1.67 bits per heavy atom. The lowest BCUT2D eigenvalue weighted by atomic mass is 10.5. The second kappa shape index (κ2) is 1.67. The van der Waals surface area contributed by atoms with Crippen molar-refractivity contribution in [3.05, 3.63) is 14.7 Å². The Morgan fingerprint density at radius 2 is 2.44 bits per heavy atom. The first-order valence-corrected chi connectivity index (χ1v) is 3.73. The summed E-state index contributed by atoms with van der Waals surface area (Å²) in [6, 6.07) is 0. The van der Waals surface area contributed by atoms with E-state index in [2.05, 4.69) is 10.2 Å². The van der Waals surface area contributed by atoms with Crippen LogP contribution in [0.5, 0.6) is 0 Å². The molecule has 0 aromatic carbocycles. The zero-order valence-corrected chi connectivity index (χ0v) is 5.57. The highest BCUT2D eigenvalue weighted by Crippen LogP contribution is 2.39. The second-order valence-corrected chi connectivity index (χ2v) is 3.22. The first-order valence-electron chi connectivity index (χ1n) is 2.91. The largest absolute Gasteiger partial charge is 0.322 e. The van der Waals surface area contributed by atoms with Gasteiger partial charge in [0.2, 0.25) is 0 Å². The van der Waals surface area contributed by atoms with Crippen molar-refractivity contribution < 1.29 is 0 Å². The van der Waals surface area contributed by atoms with Gasteiger partial charge in [-0.2, -0.15) is 5.10 Å². The van der Waals surface area contributed by atoms with E-state index in [0.717, 1.165) is 5.01 Å². The molecule has 1 aliphatic rings. The van der Waals surface area contributed by atoms with E-state index in [4.69, 9.17) is 0 Å². The minimum atomic E-state index is -0.0306. The quantitative estimate of drug-likeness (QED) is 0.627. The van der Waals surface area contributed by atoms with Crippen molar-refractivity contribution in [3.8, 4) is 0 Å². The number of aromatic amines is 1. The van der Waals surface area contributed by atoms with Crippen LogP contribution in [-0.4, -0.2) is 10.2 Å². The van der Waals surface area contributed by atoms with E-state index in [1.807, 2.05) is 0 Å². The van der Waals surface area contributed by atoms with E-state index in [1.54, 1.807) is 0 Å². The molecule has 1 saturated carbocycles. The summed E-state index contributed by atoms with van der Waals surface area (Å²) >= 11 is 1.24. The summed E-state index contributed by atoms with van der Waals surface area (Å²) in [7, 11) is 0. The molecule has 0 saturated heterocycles. The van der Waals surface area contributed by atoms with E-state index < -0.39 is 0 Å². The molecule has 4 heteroatoms. The van der Waals surface area contributed by atoms with Gasteiger partial charge in [-0.3, -0.25) is 4.79 Å². The molecule has 1 aliphatic carbocycles. The van der Waals surface area contributed by atoms with Crippen LogP contribution in [-0.2, 0) is 0 Å². The summed E-state index contributed by atoms with van der Waals surface area (Å²) in [6.45, 7) is 0. The molecule has 1 N–H and O–H groups in total. The molecule has 1 heterocycles. The van der Waals surface area contributed by atoms with E-state index in [0.29, 0.717) is 5.92 Å². The molecule has 0 unspecified atom stereocenters. The van der Waals surface area contributed by atoms with Crippen molar-refractivity contribution in [2.24, 2.45) is 0 Å². The van der Waals surface area contributed by atoms with Crippen LogP contribution in [0, 0.1) is 0 Å².